The van der Waals surface area contributed by atoms with Crippen molar-refractivity contribution in [2.75, 3.05) is 11.9 Å². The van der Waals surface area contributed by atoms with Crippen molar-refractivity contribution >= 4 is 50.8 Å². The minimum atomic E-state index is -0.352. The maximum Gasteiger partial charge on any atom is 0.348 e. The molecule has 1 amide bonds. The Bertz CT molecular complexity index is 664. The van der Waals surface area contributed by atoms with Crippen LogP contribution in [0.4, 0.5) is 5.00 Å². The number of thiophene rings is 1. The summed E-state index contributed by atoms with van der Waals surface area (Å²) < 4.78 is 6.05. The number of benzene rings is 1. The molecule has 0 unspecified atom stereocenters. The van der Waals surface area contributed by atoms with Gasteiger partial charge in [0, 0.05) is 9.13 Å². The zero-order chi connectivity index (χ0) is 15.4. The highest BCUT2D eigenvalue weighted by Crippen LogP contribution is 2.27. The summed E-state index contributed by atoms with van der Waals surface area (Å²) in [6, 6.07) is 9.06. The van der Waals surface area contributed by atoms with Crippen LogP contribution in [0.3, 0.4) is 0 Å². The highest BCUT2D eigenvalue weighted by atomic mass is 127. The fraction of sp³-hybridized carbons (Fsp3) is 0.200. The van der Waals surface area contributed by atoms with Gasteiger partial charge in [-0.3, -0.25) is 4.79 Å². The third-order valence-electron chi connectivity index (χ3n) is 2.72. The first kappa shape index (κ1) is 16.0. The predicted octanol–water partition coefficient (Wildman–Crippen LogP) is 4.09. The predicted molar refractivity (Wildman–Crippen MR) is 92.1 cm³/mol. The lowest BCUT2D eigenvalue weighted by molar-refractivity contribution is 0.0531. The van der Waals surface area contributed by atoms with Gasteiger partial charge in [-0.05, 0) is 72.3 Å². The summed E-state index contributed by atoms with van der Waals surface area (Å²) >= 11 is 3.41. The Kier molecular flexibility index (Phi) is 5.35. The molecule has 0 bridgehead atoms. The molecule has 0 radical (unpaired) electrons. The van der Waals surface area contributed by atoms with Crippen molar-refractivity contribution < 1.29 is 14.3 Å². The first-order valence-corrected chi connectivity index (χ1v) is 8.25. The van der Waals surface area contributed by atoms with E-state index in [9.17, 15) is 9.59 Å². The normalized spacial score (nSPS) is 10.2. The minimum absolute atomic E-state index is 0.192. The van der Waals surface area contributed by atoms with Crippen LogP contribution in [0.25, 0.3) is 0 Å². The topological polar surface area (TPSA) is 55.4 Å². The Morgan fingerprint density at radius 1 is 1.29 bits per heavy atom. The van der Waals surface area contributed by atoms with E-state index in [-0.39, 0.29) is 11.9 Å². The van der Waals surface area contributed by atoms with Gasteiger partial charge in [0.15, 0.2) is 0 Å². The molecule has 2 rings (SSSR count). The number of hydrogen-bond donors (Lipinski definition) is 1. The summed E-state index contributed by atoms with van der Waals surface area (Å²) in [4.78, 5) is 24.4. The first-order valence-electron chi connectivity index (χ1n) is 6.35. The molecule has 1 heterocycles. The van der Waals surface area contributed by atoms with E-state index in [1.807, 2.05) is 19.1 Å². The standard InChI is InChI=1S/C15H14INO3S/c1-3-20-15(19)13-9(2)8-12(21-13)17-14(18)10-4-6-11(16)7-5-10/h4-8H,3H2,1-2H3,(H,17,18). The van der Waals surface area contributed by atoms with Gasteiger partial charge < -0.3 is 10.1 Å². The van der Waals surface area contributed by atoms with Crippen molar-refractivity contribution in [1.82, 2.24) is 0 Å². The van der Waals surface area contributed by atoms with E-state index in [2.05, 4.69) is 27.9 Å². The molecule has 0 aliphatic heterocycles. The maximum absolute atomic E-state index is 12.1. The molecule has 0 aliphatic rings. The average Bonchev–Trinajstić information content (AvgIpc) is 2.80. The number of anilines is 1. The van der Waals surface area contributed by atoms with Crippen molar-refractivity contribution in [2.24, 2.45) is 0 Å². The molecule has 4 nitrogen and oxygen atoms in total. The van der Waals surface area contributed by atoms with E-state index < -0.39 is 0 Å². The Balaban J connectivity index is 2.13. The Hall–Kier alpha value is -1.41. The number of hydrogen-bond acceptors (Lipinski definition) is 4. The van der Waals surface area contributed by atoms with Crippen LogP contribution in [0.2, 0.25) is 0 Å². The van der Waals surface area contributed by atoms with Gasteiger partial charge in [0.2, 0.25) is 0 Å². The van der Waals surface area contributed by atoms with Gasteiger partial charge in [0.1, 0.15) is 4.88 Å². The van der Waals surface area contributed by atoms with Gasteiger partial charge in [-0.2, -0.15) is 0 Å². The molecule has 1 aromatic carbocycles. The molecular weight excluding hydrogens is 401 g/mol. The molecule has 1 aromatic heterocycles. The van der Waals surface area contributed by atoms with E-state index in [1.54, 1.807) is 25.1 Å². The average molecular weight is 415 g/mol. The van der Waals surface area contributed by atoms with Crippen LogP contribution in [0.1, 0.15) is 32.5 Å². The number of aryl methyl sites for hydroxylation is 1. The number of ether oxygens (including phenoxy) is 1. The molecule has 0 fully saturated rings. The summed E-state index contributed by atoms with van der Waals surface area (Å²) in [5, 5.41) is 3.44. The molecule has 0 saturated heterocycles. The fourth-order valence-electron chi connectivity index (χ4n) is 1.73. The highest BCUT2D eigenvalue weighted by molar-refractivity contribution is 14.1. The smallest absolute Gasteiger partial charge is 0.348 e. The minimum Gasteiger partial charge on any atom is -0.462 e. The van der Waals surface area contributed by atoms with Crippen LogP contribution in [-0.4, -0.2) is 18.5 Å². The van der Waals surface area contributed by atoms with Crippen molar-refractivity contribution in [2.45, 2.75) is 13.8 Å². The molecular formula is C15H14INO3S. The largest absolute Gasteiger partial charge is 0.462 e. The lowest BCUT2D eigenvalue weighted by Crippen LogP contribution is -2.10. The number of halogens is 1. The molecule has 0 saturated carbocycles. The molecule has 2 aromatic rings. The van der Waals surface area contributed by atoms with Gasteiger partial charge in [-0.1, -0.05) is 0 Å². The van der Waals surface area contributed by atoms with Crippen molar-refractivity contribution in [3.8, 4) is 0 Å². The van der Waals surface area contributed by atoms with E-state index in [1.165, 1.54) is 11.3 Å². The van der Waals surface area contributed by atoms with Crippen LogP contribution in [0, 0.1) is 10.5 Å². The fourth-order valence-corrected chi connectivity index (χ4v) is 3.05. The molecule has 21 heavy (non-hydrogen) atoms. The van der Waals surface area contributed by atoms with Crippen molar-refractivity contribution in [1.29, 1.82) is 0 Å². The van der Waals surface area contributed by atoms with Gasteiger partial charge in [0.05, 0.1) is 11.6 Å². The summed E-state index contributed by atoms with van der Waals surface area (Å²) in [6.45, 7) is 3.92. The lowest BCUT2D eigenvalue weighted by atomic mass is 10.2. The van der Waals surface area contributed by atoms with Gasteiger partial charge in [0.25, 0.3) is 5.91 Å². The number of carbonyl (C=O) groups is 2. The SMILES string of the molecule is CCOC(=O)c1sc(NC(=O)c2ccc(I)cc2)cc1C. The molecule has 0 aliphatic carbocycles. The van der Waals surface area contributed by atoms with E-state index >= 15 is 0 Å². The van der Waals surface area contributed by atoms with Crippen LogP contribution < -0.4 is 5.32 Å². The summed E-state index contributed by atoms with van der Waals surface area (Å²) in [5.74, 6) is -0.544. The second-order valence-corrected chi connectivity index (χ2v) is 6.60. The number of nitrogens with one attached hydrogen (secondary N) is 1. The van der Waals surface area contributed by atoms with E-state index in [4.69, 9.17) is 4.74 Å². The third-order valence-corrected chi connectivity index (χ3v) is 4.57. The van der Waals surface area contributed by atoms with E-state index in [0.29, 0.717) is 22.0 Å². The van der Waals surface area contributed by atoms with Gasteiger partial charge >= 0.3 is 5.97 Å². The Labute approximate surface area is 140 Å². The first-order chi connectivity index (χ1) is 10.0. The summed E-state index contributed by atoms with van der Waals surface area (Å²) in [5.41, 5.74) is 1.38. The van der Waals surface area contributed by atoms with Crippen molar-refractivity contribution in [3.05, 3.63) is 49.9 Å². The highest BCUT2D eigenvalue weighted by Gasteiger charge is 2.16. The van der Waals surface area contributed by atoms with Crippen LogP contribution in [0.15, 0.2) is 30.3 Å². The molecule has 6 heteroatoms. The van der Waals surface area contributed by atoms with Gasteiger partial charge in [-0.15, -0.1) is 11.3 Å². The zero-order valence-electron chi connectivity index (χ0n) is 11.6. The van der Waals surface area contributed by atoms with Crippen molar-refractivity contribution in [3.63, 3.8) is 0 Å². The number of amides is 1. The number of esters is 1. The lowest BCUT2D eigenvalue weighted by Gasteiger charge is -2.02. The zero-order valence-corrected chi connectivity index (χ0v) is 14.6. The molecule has 0 spiro atoms. The summed E-state index contributed by atoms with van der Waals surface area (Å²) in [6.07, 6.45) is 0. The molecule has 1 N–H and O–H groups in total. The van der Waals surface area contributed by atoms with Crippen LogP contribution >= 0.6 is 33.9 Å². The Morgan fingerprint density at radius 3 is 2.57 bits per heavy atom. The van der Waals surface area contributed by atoms with Crippen LogP contribution in [0.5, 0.6) is 0 Å². The summed E-state index contributed by atoms with van der Waals surface area (Å²) in [7, 11) is 0. The third kappa shape index (κ3) is 4.04. The quantitative estimate of drug-likeness (QED) is 0.605. The second kappa shape index (κ2) is 7.04. The Morgan fingerprint density at radius 2 is 1.95 bits per heavy atom. The van der Waals surface area contributed by atoms with Gasteiger partial charge in [-0.25, -0.2) is 4.79 Å². The molecule has 110 valence electrons. The number of rotatable bonds is 4. The molecule has 0 atom stereocenters. The number of carbonyl (C=O) groups excluding carboxylic acids is 2. The maximum atomic E-state index is 12.1. The van der Waals surface area contributed by atoms with E-state index in [0.717, 1.165) is 9.13 Å². The van der Waals surface area contributed by atoms with Crippen LogP contribution in [-0.2, 0) is 4.74 Å². The monoisotopic (exact) mass is 415 g/mol. The second-order valence-electron chi connectivity index (χ2n) is 4.30.